The van der Waals surface area contributed by atoms with Crippen molar-refractivity contribution in [2.24, 2.45) is 11.3 Å². The minimum atomic E-state index is 0.128. The zero-order valence-electron chi connectivity index (χ0n) is 11.8. The van der Waals surface area contributed by atoms with Crippen LogP contribution in [0.1, 0.15) is 53.4 Å². The van der Waals surface area contributed by atoms with Crippen molar-refractivity contribution in [2.45, 2.75) is 59.4 Å². The van der Waals surface area contributed by atoms with E-state index in [0.717, 1.165) is 6.54 Å². The molecule has 0 aliphatic heterocycles. The highest BCUT2D eigenvalue weighted by molar-refractivity contribution is 5.77. The van der Waals surface area contributed by atoms with Gasteiger partial charge in [0.2, 0.25) is 5.91 Å². The highest BCUT2D eigenvalue weighted by Gasteiger charge is 2.26. The normalized spacial score (nSPS) is 20.5. The number of amides is 1. The maximum Gasteiger partial charge on any atom is 0.233 e. The summed E-state index contributed by atoms with van der Waals surface area (Å²) in [5.41, 5.74) is 0.498. The van der Waals surface area contributed by atoms with Gasteiger partial charge in [-0.1, -0.05) is 27.7 Å². The first-order chi connectivity index (χ1) is 7.89. The Bertz CT molecular complexity index is 239. The van der Waals surface area contributed by atoms with E-state index in [0.29, 0.717) is 23.9 Å². The van der Waals surface area contributed by atoms with Crippen molar-refractivity contribution in [1.82, 2.24) is 10.6 Å². The van der Waals surface area contributed by atoms with Gasteiger partial charge in [0.1, 0.15) is 0 Å². The Morgan fingerprint density at radius 3 is 2.41 bits per heavy atom. The van der Waals surface area contributed by atoms with Crippen molar-refractivity contribution in [1.29, 1.82) is 0 Å². The average molecular weight is 240 g/mol. The van der Waals surface area contributed by atoms with Crippen LogP contribution in [0.25, 0.3) is 0 Å². The van der Waals surface area contributed by atoms with E-state index < -0.39 is 0 Å². The Morgan fingerprint density at radius 2 is 1.88 bits per heavy atom. The molecule has 0 atom stereocenters. The third-order valence-electron chi connectivity index (χ3n) is 3.60. The monoisotopic (exact) mass is 240 g/mol. The van der Waals surface area contributed by atoms with Crippen LogP contribution in [0.2, 0.25) is 0 Å². The summed E-state index contributed by atoms with van der Waals surface area (Å²) >= 11 is 0. The molecule has 3 heteroatoms. The first-order valence-electron chi connectivity index (χ1n) is 6.89. The molecule has 0 aromatic carbocycles. The molecule has 2 N–H and O–H groups in total. The molecule has 0 radical (unpaired) electrons. The molecule has 1 rings (SSSR count). The van der Waals surface area contributed by atoms with Crippen LogP contribution in [0, 0.1) is 11.3 Å². The maximum atomic E-state index is 11.5. The summed E-state index contributed by atoms with van der Waals surface area (Å²) in [4.78, 5) is 11.5. The fourth-order valence-corrected chi connectivity index (χ4v) is 2.22. The maximum absolute atomic E-state index is 11.5. The number of hydrogen-bond acceptors (Lipinski definition) is 2. The number of carbonyl (C=O) groups excluding carboxylic acids is 1. The summed E-state index contributed by atoms with van der Waals surface area (Å²) < 4.78 is 0. The fraction of sp³-hybridized carbons (Fsp3) is 0.929. The van der Waals surface area contributed by atoms with Gasteiger partial charge in [-0.2, -0.15) is 0 Å². The van der Waals surface area contributed by atoms with E-state index in [1.54, 1.807) is 0 Å². The predicted molar refractivity (Wildman–Crippen MR) is 71.9 cm³/mol. The molecule has 17 heavy (non-hydrogen) atoms. The molecular weight excluding hydrogens is 212 g/mol. The van der Waals surface area contributed by atoms with Crippen LogP contribution >= 0.6 is 0 Å². The highest BCUT2D eigenvalue weighted by atomic mass is 16.1. The minimum absolute atomic E-state index is 0.128. The Hall–Kier alpha value is -0.570. The van der Waals surface area contributed by atoms with E-state index in [1.165, 1.54) is 25.7 Å². The lowest BCUT2D eigenvalue weighted by Gasteiger charge is -2.34. The van der Waals surface area contributed by atoms with Gasteiger partial charge in [0.25, 0.3) is 0 Å². The molecule has 0 bridgehead atoms. The highest BCUT2D eigenvalue weighted by Crippen LogP contribution is 2.34. The Balaban J connectivity index is 2.13. The SMILES string of the molecule is CC(C)CNC(=O)CNC1CCC(C)(C)CC1. The summed E-state index contributed by atoms with van der Waals surface area (Å²) in [7, 11) is 0. The van der Waals surface area contributed by atoms with Crippen LogP contribution in [0.15, 0.2) is 0 Å². The second kappa shape index (κ2) is 6.39. The first-order valence-corrected chi connectivity index (χ1v) is 6.89. The van der Waals surface area contributed by atoms with Gasteiger partial charge in [0, 0.05) is 12.6 Å². The molecule has 1 fully saturated rings. The second-order valence-electron chi connectivity index (χ2n) is 6.52. The topological polar surface area (TPSA) is 41.1 Å². The summed E-state index contributed by atoms with van der Waals surface area (Å²) in [6.45, 7) is 10.1. The molecule has 1 aliphatic rings. The van der Waals surface area contributed by atoms with Gasteiger partial charge in [0.05, 0.1) is 6.54 Å². The third-order valence-corrected chi connectivity index (χ3v) is 3.60. The van der Waals surface area contributed by atoms with Crippen LogP contribution in [0.5, 0.6) is 0 Å². The van der Waals surface area contributed by atoms with Crippen LogP contribution in [-0.2, 0) is 4.79 Å². The molecule has 0 unspecified atom stereocenters. The van der Waals surface area contributed by atoms with Crippen molar-refractivity contribution in [3.63, 3.8) is 0 Å². The van der Waals surface area contributed by atoms with E-state index in [9.17, 15) is 4.79 Å². The lowest BCUT2D eigenvalue weighted by atomic mass is 9.75. The quantitative estimate of drug-likeness (QED) is 0.774. The predicted octanol–water partition coefficient (Wildman–Crippen LogP) is 2.32. The first kappa shape index (κ1) is 14.5. The van der Waals surface area contributed by atoms with Gasteiger partial charge in [-0.25, -0.2) is 0 Å². The third kappa shape index (κ3) is 6.06. The molecule has 0 aromatic heterocycles. The van der Waals surface area contributed by atoms with E-state index in [4.69, 9.17) is 0 Å². The van der Waals surface area contributed by atoms with Gasteiger partial charge in [-0.15, -0.1) is 0 Å². The molecule has 0 heterocycles. The lowest BCUT2D eigenvalue weighted by Crippen LogP contribution is -2.42. The summed E-state index contributed by atoms with van der Waals surface area (Å²) in [5, 5.41) is 6.31. The van der Waals surface area contributed by atoms with Crippen molar-refractivity contribution in [2.75, 3.05) is 13.1 Å². The zero-order valence-corrected chi connectivity index (χ0v) is 11.8. The molecule has 3 nitrogen and oxygen atoms in total. The number of rotatable bonds is 5. The Morgan fingerprint density at radius 1 is 1.29 bits per heavy atom. The van der Waals surface area contributed by atoms with Crippen LogP contribution < -0.4 is 10.6 Å². The molecule has 0 aromatic rings. The molecule has 100 valence electrons. The molecular formula is C14H28N2O. The molecule has 1 amide bonds. The molecule has 0 spiro atoms. The van der Waals surface area contributed by atoms with E-state index in [1.807, 2.05) is 0 Å². The summed E-state index contributed by atoms with van der Waals surface area (Å²) in [6.07, 6.45) is 4.92. The molecule has 1 aliphatic carbocycles. The largest absolute Gasteiger partial charge is 0.355 e. The Labute approximate surface area is 106 Å². The van der Waals surface area contributed by atoms with Crippen LogP contribution in [0.4, 0.5) is 0 Å². The van der Waals surface area contributed by atoms with Crippen molar-refractivity contribution in [3.8, 4) is 0 Å². The van der Waals surface area contributed by atoms with Crippen molar-refractivity contribution in [3.05, 3.63) is 0 Å². The number of hydrogen-bond donors (Lipinski definition) is 2. The molecule has 0 saturated heterocycles. The lowest BCUT2D eigenvalue weighted by molar-refractivity contribution is -0.120. The summed E-state index contributed by atoms with van der Waals surface area (Å²) in [6, 6.07) is 0.535. The van der Waals surface area contributed by atoms with Gasteiger partial charge < -0.3 is 10.6 Å². The fourth-order valence-electron chi connectivity index (χ4n) is 2.22. The second-order valence-corrected chi connectivity index (χ2v) is 6.52. The minimum Gasteiger partial charge on any atom is -0.355 e. The van der Waals surface area contributed by atoms with Gasteiger partial charge >= 0.3 is 0 Å². The van der Waals surface area contributed by atoms with E-state index in [2.05, 4.69) is 38.3 Å². The van der Waals surface area contributed by atoms with Crippen LogP contribution in [-0.4, -0.2) is 25.0 Å². The number of nitrogens with one attached hydrogen (secondary N) is 2. The van der Waals surface area contributed by atoms with E-state index in [-0.39, 0.29) is 5.91 Å². The van der Waals surface area contributed by atoms with Crippen molar-refractivity contribution >= 4 is 5.91 Å². The summed E-state index contributed by atoms with van der Waals surface area (Å²) in [5.74, 6) is 0.651. The van der Waals surface area contributed by atoms with E-state index >= 15 is 0 Å². The average Bonchev–Trinajstić information content (AvgIpc) is 2.25. The standard InChI is InChI=1S/C14H28N2O/c1-11(2)9-16-13(17)10-15-12-5-7-14(3,4)8-6-12/h11-12,15H,5-10H2,1-4H3,(H,16,17). The van der Waals surface area contributed by atoms with Gasteiger partial charge in [0.15, 0.2) is 0 Å². The Kier molecular flexibility index (Phi) is 5.44. The number of carbonyl (C=O) groups is 1. The molecule has 1 saturated carbocycles. The van der Waals surface area contributed by atoms with Gasteiger partial charge in [-0.3, -0.25) is 4.79 Å². The van der Waals surface area contributed by atoms with Crippen LogP contribution in [0.3, 0.4) is 0 Å². The van der Waals surface area contributed by atoms with Crippen molar-refractivity contribution < 1.29 is 4.79 Å². The van der Waals surface area contributed by atoms with Gasteiger partial charge in [-0.05, 0) is 37.0 Å². The zero-order chi connectivity index (χ0) is 12.9. The smallest absolute Gasteiger partial charge is 0.233 e.